The third-order valence-electron chi connectivity index (χ3n) is 4.08. The normalized spacial score (nSPS) is 18.3. The molecule has 1 aromatic carbocycles. The number of carbonyl (C=O) groups is 1. The second kappa shape index (κ2) is 5.74. The quantitative estimate of drug-likeness (QED) is 0.840. The van der Waals surface area contributed by atoms with Gasteiger partial charge in [-0.1, -0.05) is 11.6 Å². The summed E-state index contributed by atoms with van der Waals surface area (Å²) in [6, 6.07) is 6.06. The maximum atomic E-state index is 12.4. The van der Waals surface area contributed by atoms with Crippen LogP contribution in [0, 0.1) is 0 Å². The molecular formula is C15H19ClN2O3S. The molecule has 22 heavy (non-hydrogen) atoms. The van der Waals surface area contributed by atoms with E-state index in [-0.39, 0.29) is 18.1 Å². The van der Waals surface area contributed by atoms with Crippen LogP contribution in [0.3, 0.4) is 0 Å². The molecule has 0 unspecified atom stereocenters. The van der Waals surface area contributed by atoms with Crippen molar-refractivity contribution in [3.05, 3.63) is 23.2 Å². The number of hydrogen-bond acceptors (Lipinski definition) is 4. The molecule has 1 aliphatic heterocycles. The van der Waals surface area contributed by atoms with Crippen molar-refractivity contribution >= 4 is 38.7 Å². The molecule has 1 saturated carbocycles. The SMILES string of the molecule is CS(=O)(=O)CCC(=O)N1CCN(C2CC2)c2cc(Cl)ccc21. The molecule has 0 bridgehead atoms. The number of halogens is 1. The van der Waals surface area contributed by atoms with Gasteiger partial charge in [-0.2, -0.15) is 0 Å². The van der Waals surface area contributed by atoms with Crippen molar-refractivity contribution in [2.75, 3.05) is 34.9 Å². The Hall–Kier alpha value is -1.27. The van der Waals surface area contributed by atoms with E-state index in [0.29, 0.717) is 17.6 Å². The second-order valence-corrected chi connectivity index (χ2v) is 8.68. The standard InChI is InChI=1S/C15H19ClN2O3S/c1-22(20,21)9-6-15(19)18-8-7-17(12-3-4-12)14-10-11(16)2-5-13(14)18/h2,5,10,12H,3-4,6-9H2,1H3. The molecular weight excluding hydrogens is 324 g/mol. The first kappa shape index (κ1) is 15.6. The zero-order valence-corrected chi connectivity index (χ0v) is 14.0. The molecule has 120 valence electrons. The lowest BCUT2D eigenvalue weighted by atomic mass is 10.1. The van der Waals surface area contributed by atoms with Gasteiger partial charge in [0.25, 0.3) is 0 Å². The van der Waals surface area contributed by atoms with Crippen LogP contribution < -0.4 is 9.80 Å². The largest absolute Gasteiger partial charge is 0.365 e. The molecule has 0 saturated heterocycles. The molecule has 0 radical (unpaired) electrons. The highest BCUT2D eigenvalue weighted by molar-refractivity contribution is 7.90. The highest BCUT2D eigenvalue weighted by Crippen LogP contribution is 2.41. The Morgan fingerprint density at radius 2 is 2.00 bits per heavy atom. The van der Waals surface area contributed by atoms with Gasteiger partial charge in [-0.3, -0.25) is 4.79 Å². The maximum absolute atomic E-state index is 12.4. The van der Waals surface area contributed by atoms with E-state index in [4.69, 9.17) is 11.6 Å². The molecule has 0 N–H and O–H groups in total. The number of hydrogen-bond donors (Lipinski definition) is 0. The molecule has 5 nitrogen and oxygen atoms in total. The summed E-state index contributed by atoms with van der Waals surface area (Å²) in [4.78, 5) is 16.4. The van der Waals surface area contributed by atoms with Gasteiger partial charge in [-0.25, -0.2) is 8.42 Å². The van der Waals surface area contributed by atoms with E-state index in [1.54, 1.807) is 11.0 Å². The third kappa shape index (κ3) is 3.38. The number of sulfone groups is 1. The topological polar surface area (TPSA) is 57.7 Å². The summed E-state index contributed by atoms with van der Waals surface area (Å²) >= 11 is 6.11. The summed E-state index contributed by atoms with van der Waals surface area (Å²) in [7, 11) is -3.14. The minimum atomic E-state index is -3.14. The maximum Gasteiger partial charge on any atom is 0.228 e. The van der Waals surface area contributed by atoms with Gasteiger partial charge >= 0.3 is 0 Å². The van der Waals surface area contributed by atoms with Gasteiger partial charge in [-0.15, -0.1) is 0 Å². The van der Waals surface area contributed by atoms with Crippen LogP contribution in [0.5, 0.6) is 0 Å². The van der Waals surface area contributed by atoms with Crippen LogP contribution in [0.25, 0.3) is 0 Å². The van der Waals surface area contributed by atoms with Crippen molar-refractivity contribution in [1.29, 1.82) is 0 Å². The van der Waals surface area contributed by atoms with E-state index in [1.807, 2.05) is 12.1 Å². The number of nitrogens with zero attached hydrogens (tertiary/aromatic N) is 2. The fraction of sp³-hybridized carbons (Fsp3) is 0.533. The van der Waals surface area contributed by atoms with Gasteiger partial charge in [0, 0.05) is 36.8 Å². The third-order valence-corrected chi connectivity index (χ3v) is 5.26. The first-order valence-electron chi connectivity index (χ1n) is 7.39. The van der Waals surface area contributed by atoms with Gasteiger partial charge in [0.2, 0.25) is 5.91 Å². The molecule has 0 atom stereocenters. The Labute approximate surface area is 135 Å². The summed E-state index contributed by atoms with van der Waals surface area (Å²) in [5.74, 6) is -0.262. The molecule has 0 spiro atoms. The molecule has 1 amide bonds. The van der Waals surface area contributed by atoms with Crippen LogP contribution in [0.2, 0.25) is 5.02 Å². The Morgan fingerprint density at radius 1 is 1.27 bits per heavy atom. The number of benzene rings is 1. The molecule has 0 aromatic heterocycles. The van der Waals surface area contributed by atoms with Crippen LogP contribution >= 0.6 is 11.6 Å². The lowest BCUT2D eigenvalue weighted by Crippen LogP contribution is -2.45. The van der Waals surface area contributed by atoms with E-state index in [9.17, 15) is 13.2 Å². The first-order chi connectivity index (χ1) is 10.3. The van der Waals surface area contributed by atoms with E-state index >= 15 is 0 Å². The number of fused-ring (bicyclic) bond motifs is 1. The molecule has 2 aliphatic rings. The Kier molecular flexibility index (Phi) is 4.07. The van der Waals surface area contributed by atoms with Gasteiger partial charge in [0.15, 0.2) is 0 Å². The minimum Gasteiger partial charge on any atom is -0.365 e. The van der Waals surface area contributed by atoms with E-state index in [2.05, 4.69) is 4.90 Å². The Morgan fingerprint density at radius 3 is 2.64 bits per heavy atom. The van der Waals surface area contributed by atoms with E-state index < -0.39 is 9.84 Å². The smallest absolute Gasteiger partial charge is 0.228 e. The van der Waals surface area contributed by atoms with Crippen molar-refractivity contribution in [3.63, 3.8) is 0 Å². The number of anilines is 2. The Bertz CT molecular complexity index is 701. The average Bonchev–Trinajstić information content (AvgIpc) is 3.27. The lowest BCUT2D eigenvalue weighted by molar-refractivity contribution is -0.118. The fourth-order valence-corrected chi connectivity index (χ4v) is 3.55. The monoisotopic (exact) mass is 342 g/mol. The summed E-state index contributed by atoms with van der Waals surface area (Å²) in [5.41, 5.74) is 1.81. The highest BCUT2D eigenvalue weighted by atomic mass is 35.5. The van der Waals surface area contributed by atoms with Crippen molar-refractivity contribution < 1.29 is 13.2 Å². The first-order valence-corrected chi connectivity index (χ1v) is 9.83. The van der Waals surface area contributed by atoms with Crippen LogP contribution in [-0.2, 0) is 14.6 Å². The van der Waals surface area contributed by atoms with Crippen LogP contribution in [-0.4, -0.2) is 45.5 Å². The molecule has 3 rings (SSSR count). The number of amides is 1. The molecule has 1 aromatic rings. The van der Waals surface area contributed by atoms with Crippen LogP contribution in [0.4, 0.5) is 11.4 Å². The molecule has 1 fully saturated rings. The molecule has 1 aliphatic carbocycles. The van der Waals surface area contributed by atoms with E-state index in [1.165, 1.54) is 12.8 Å². The lowest BCUT2D eigenvalue weighted by Gasteiger charge is -2.38. The second-order valence-electron chi connectivity index (χ2n) is 5.98. The van der Waals surface area contributed by atoms with E-state index in [0.717, 1.165) is 24.2 Å². The zero-order valence-electron chi connectivity index (χ0n) is 12.5. The van der Waals surface area contributed by atoms with Crippen molar-refractivity contribution in [1.82, 2.24) is 0 Å². The fourth-order valence-electron chi connectivity index (χ4n) is 2.84. The predicted molar refractivity (Wildman–Crippen MR) is 88.5 cm³/mol. The highest BCUT2D eigenvalue weighted by Gasteiger charge is 2.35. The summed E-state index contributed by atoms with van der Waals surface area (Å²) < 4.78 is 22.5. The van der Waals surface area contributed by atoms with Crippen molar-refractivity contribution in [3.8, 4) is 0 Å². The van der Waals surface area contributed by atoms with Gasteiger partial charge < -0.3 is 9.80 Å². The van der Waals surface area contributed by atoms with Gasteiger partial charge in [-0.05, 0) is 31.0 Å². The van der Waals surface area contributed by atoms with Crippen molar-refractivity contribution in [2.24, 2.45) is 0 Å². The van der Waals surface area contributed by atoms with Gasteiger partial charge in [0.1, 0.15) is 9.84 Å². The van der Waals surface area contributed by atoms with Gasteiger partial charge in [0.05, 0.1) is 17.1 Å². The Balaban J connectivity index is 1.84. The van der Waals surface area contributed by atoms with Crippen LogP contribution in [0.15, 0.2) is 18.2 Å². The number of rotatable bonds is 4. The predicted octanol–water partition coefficient (Wildman–Crippen LogP) is 2.09. The number of carbonyl (C=O) groups excluding carboxylic acids is 1. The summed E-state index contributed by atoms with van der Waals surface area (Å²) in [6.07, 6.45) is 3.52. The van der Waals surface area contributed by atoms with Crippen LogP contribution in [0.1, 0.15) is 19.3 Å². The minimum absolute atomic E-state index is 0.0182. The zero-order chi connectivity index (χ0) is 15.9. The average molecular weight is 343 g/mol. The summed E-state index contributed by atoms with van der Waals surface area (Å²) in [6.45, 7) is 1.36. The molecule has 1 heterocycles. The van der Waals surface area contributed by atoms with Crippen molar-refractivity contribution in [2.45, 2.75) is 25.3 Å². The molecule has 7 heteroatoms. The summed E-state index contributed by atoms with van der Waals surface area (Å²) in [5, 5.41) is 0.648.